The number of aryl methyl sites for hydroxylation is 1. The SMILES string of the molecule is CCOC(=O)C1CCN(c2ccc(NC(=O)C3CC3)cc2S(=O)(=O)N[C@@H]2CCCc3ccccc32)CC1. The van der Waals surface area contributed by atoms with Crippen molar-refractivity contribution in [2.75, 3.05) is 29.9 Å². The van der Waals surface area contributed by atoms with Crippen molar-refractivity contribution in [1.29, 1.82) is 0 Å². The van der Waals surface area contributed by atoms with Crippen LogP contribution in [0.25, 0.3) is 0 Å². The summed E-state index contributed by atoms with van der Waals surface area (Å²) in [6.45, 7) is 3.25. The number of nitrogens with zero attached hydrogens (tertiary/aromatic N) is 1. The number of amides is 1. The van der Waals surface area contributed by atoms with Gasteiger partial charge in [0.2, 0.25) is 15.9 Å². The van der Waals surface area contributed by atoms with Crippen molar-refractivity contribution < 1.29 is 22.7 Å². The Balaban J connectivity index is 1.42. The molecule has 2 aromatic rings. The second-order valence-electron chi connectivity index (χ2n) is 10.2. The lowest BCUT2D eigenvalue weighted by atomic mass is 9.88. The molecule has 3 aliphatic rings. The number of rotatable bonds is 8. The fourth-order valence-corrected chi connectivity index (χ4v) is 6.90. The molecule has 5 rings (SSSR count). The number of hydrogen-bond acceptors (Lipinski definition) is 6. The maximum Gasteiger partial charge on any atom is 0.309 e. The number of sulfonamides is 1. The van der Waals surface area contributed by atoms with Gasteiger partial charge in [0.25, 0.3) is 0 Å². The molecule has 8 nitrogen and oxygen atoms in total. The van der Waals surface area contributed by atoms with Crippen LogP contribution in [0.3, 0.4) is 0 Å². The molecule has 0 aromatic heterocycles. The van der Waals surface area contributed by atoms with E-state index in [0.29, 0.717) is 43.9 Å². The van der Waals surface area contributed by atoms with Gasteiger partial charge in [-0.15, -0.1) is 0 Å². The third-order valence-corrected chi connectivity index (χ3v) is 9.09. The average molecular weight is 526 g/mol. The molecule has 1 amide bonds. The molecule has 1 atom stereocenters. The third kappa shape index (κ3) is 5.83. The van der Waals surface area contributed by atoms with Crippen molar-refractivity contribution in [3.05, 3.63) is 53.6 Å². The van der Waals surface area contributed by atoms with Gasteiger partial charge in [-0.1, -0.05) is 24.3 Å². The molecule has 0 radical (unpaired) electrons. The first kappa shape index (κ1) is 25.7. The van der Waals surface area contributed by atoms with Gasteiger partial charge < -0.3 is 15.0 Å². The van der Waals surface area contributed by atoms with Crippen molar-refractivity contribution in [2.24, 2.45) is 11.8 Å². The van der Waals surface area contributed by atoms with Crippen molar-refractivity contribution in [1.82, 2.24) is 4.72 Å². The van der Waals surface area contributed by atoms with Crippen LogP contribution in [0.1, 0.15) is 62.6 Å². The number of carbonyl (C=O) groups is 2. The Bertz CT molecular complexity index is 1270. The second kappa shape index (κ2) is 10.8. The minimum absolute atomic E-state index is 0.0125. The summed E-state index contributed by atoms with van der Waals surface area (Å²) in [7, 11) is -3.92. The zero-order chi connectivity index (χ0) is 26.0. The van der Waals surface area contributed by atoms with Crippen molar-refractivity contribution in [3.63, 3.8) is 0 Å². The highest BCUT2D eigenvalue weighted by Gasteiger charge is 2.33. The number of carbonyl (C=O) groups excluding carboxylic acids is 2. The van der Waals surface area contributed by atoms with E-state index in [-0.39, 0.29) is 34.6 Å². The zero-order valence-corrected chi connectivity index (χ0v) is 22.1. The number of fused-ring (bicyclic) bond motifs is 1. The fraction of sp³-hybridized carbons (Fsp3) is 0.500. The van der Waals surface area contributed by atoms with Crippen LogP contribution in [-0.4, -0.2) is 40.0 Å². The van der Waals surface area contributed by atoms with E-state index in [4.69, 9.17) is 4.74 Å². The summed E-state index contributed by atoms with van der Waals surface area (Å²) >= 11 is 0. The first-order valence-electron chi connectivity index (χ1n) is 13.3. The Labute approximate surface area is 218 Å². The molecule has 0 bridgehead atoms. The molecule has 2 fully saturated rings. The number of piperidine rings is 1. The van der Waals surface area contributed by atoms with E-state index in [0.717, 1.165) is 37.7 Å². The molecule has 9 heteroatoms. The van der Waals surface area contributed by atoms with Crippen LogP contribution in [0.5, 0.6) is 0 Å². The maximum absolute atomic E-state index is 13.9. The summed E-state index contributed by atoms with van der Waals surface area (Å²) in [5.74, 6) is -0.421. The number of anilines is 2. The topological polar surface area (TPSA) is 105 Å². The first-order chi connectivity index (χ1) is 17.9. The van der Waals surface area contributed by atoms with Crippen LogP contribution in [0.15, 0.2) is 47.4 Å². The van der Waals surface area contributed by atoms with Crippen molar-refractivity contribution in [3.8, 4) is 0 Å². The molecule has 1 saturated carbocycles. The number of benzene rings is 2. The van der Waals surface area contributed by atoms with Crippen molar-refractivity contribution >= 4 is 33.3 Å². The highest BCUT2D eigenvalue weighted by atomic mass is 32.2. The summed E-state index contributed by atoms with van der Waals surface area (Å²) < 4.78 is 35.9. The van der Waals surface area contributed by atoms with Gasteiger partial charge in [-0.25, -0.2) is 13.1 Å². The Kier molecular flexibility index (Phi) is 7.53. The molecule has 2 aliphatic carbocycles. The number of ether oxygens (including phenoxy) is 1. The summed E-state index contributed by atoms with van der Waals surface area (Å²) in [5, 5.41) is 2.89. The van der Waals surface area contributed by atoms with Crippen LogP contribution in [-0.2, 0) is 30.8 Å². The predicted octanol–water partition coefficient (Wildman–Crippen LogP) is 4.17. The van der Waals surface area contributed by atoms with Gasteiger partial charge in [0.1, 0.15) is 4.90 Å². The Morgan fingerprint density at radius 1 is 1.00 bits per heavy atom. The lowest BCUT2D eigenvalue weighted by Gasteiger charge is -2.34. The summed E-state index contributed by atoms with van der Waals surface area (Å²) in [6, 6.07) is 12.8. The molecule has 2 aromatic carbocycles. The molecule has 1 saturated heterocycles. The van der Waals surface area contributed by atoms with Crippen LogP contribution >= 0.6 is 0 Å². The summed E-state index contributed by atoms with van der Waals surface area (Å²) in [6.07, 6.45) is 5.52. The molecule has 0 unspecified atom stereocenters. The standard InChI is InChI=1S/C28H35N3O5S/c1-2-36-28(33)21-14-16-31(17-15-21)25-13-12-22(29-27(32)20-10-11-20)18-26(25)37(34,35)30-24-9-5-7-19-6-3-4-8-23(19)24/h3-4,6,8,12-13,18,20-21,24,30H,2,5,7,9-11,14-17H2,1H3,(H,29,32)/t24-/m1/s1. The van der Waals surface area contributed by atoms with Gasteiger partial charge in [-0.05, 0) is 81.2 Å². The van der Waals surface area contributed by atoms with Gasteiger partial charge in [0.05, 0.1) is 18.2 Å². The molecule has 1 heterocycles. The minimum Gasteiger partial charge on any atom is -0.466 e. The highest BCUT2D eigenvalue weighted by Crippen LogP contribution is 2.36. The van der Waals surface area contributed by atoms with Crippen LogP contribution in [0.4, 0.5) is 11.4 Å². The van der Waals surface area contributed by atoms with E-state index in [1.807, 2.05) is 23.1 Å². The molecule has 1 aliphatic heterocycles. The second-order valence-corrected chi connectivity index (χ2v) is 11.9. The average Bonchev–Trinajstić information content (AvgIpc) is 3.75. The first-order valence-corrected chi connectivity index (χ1v) is 14.8. The number of hydrogen-bond donors (Lipinski definition) is 2. The Morgan fingerprint density at radius 3 is 2.49 bits per heavy atom. The fourth-order valence-electron chi connectivity index (χ4n) is 5.40. The van der Waals surface area contributed by atoms with E-state index in [2.05, 4.69) is 16.1 Å². The maximum atomic E-state index is 13.9. The Hall–Kier alpha value is -2.91. The minimum atomic E-state index is -3.92. The predicted molar refractivity (Wildman–Crippen MR) is 142 cm³/mol. The summed E-state index contributed by atoms with van der Waals surface area (Å²) in [4.78, 5) is 26.8. The molecule has 2 N–H and O–H groups in total. The smallest absolute Gasteiger partial charge is 0.309 e. The summed E-state index contributed by atoms with van der Waals surface area (Å²) in [5.41, 5.74) is 3.26. The molecule has 37 heavy (non-hydrogen) atoms. The third-order valence-electron chi connectivity index (χ3n) is 7.59. The van der Waals surface area contributed by atoms with E-state index in [1.54, 1.807) is 25.1 Å². The number of esters is 1. The van der Waals surface area contributed by atoms with Crippen molar-refractivity contribution in [2.45, 2.75) is 62.8 Å². The largest absolute Gasteiger partial charge is 0.466 e. The zero-order valence-electron chi connectivity index (χ0n) is 21.2. The number of nitrogens with one attached hydrogen (secondary N) is 2. The van der Waals surface area contributed by atoms with Gasteiger partial charge in [-0.3, -0.25) is 9.59 Å². The van der Waals surface area contributed by atoms with E-state index in [1.165, 1.54) is 5.56 Å². The molecular formula is C28H35N3O5S. The Morgan fingerprint density at radius 2 is 1.76 bits per heavy atom. The monoisotopic (exact) mass is 525 g/mol. The molecule has 198 valence electrons. The van der Waals surface area contributed by atoms with E-state index < -0.39 is 10.0 Å². The molecule has 0 spiro atoms. The van der Waals surface area contributed by atoms with Crippen LogP contribution in [0.2, 0.25) is 0 Å². The molecular weight excluding hydrogens is 490 g/mol. The van der Waals surface area contributed by atoms with Crippen LogP contribution in [0, 0.1) is 11.8 Å². The van der Waals surface area contributed by atoms with Gasteiger partial charge >= 0.3 is 5.97 Å². The normalized spacial score (nSPS) is 20.2. The van der Waals surface area contributed by atoms with E-state index >= 15 is 0 Å². The lowest BCUT2D eigenvalue weighted by molar-refractivity contribution is -0.148. The highest BCUT2D eigenvalue weighted by molar-refractivity contribution is 7.89. The van der Waals surface area contributed by atoms with Gasteiger partial charge in [0.15, 0.2) is 0 Å². The van der Waals surface area contributed by atoms with Gasteiger partial charge in [-0.2, -0.15) is 0 Å². The quantitative estimate of drug-likeness (QED) is 0.501. The lowest BCUT2D eigenvalue weighted by Crippen LogP contribution is -2.38. The van der Waals surface area contributed by atoms with Crippen LogP contribution < -0.4 is 14.9 Å². The van der Waals surface area contributed by atoms with Gasteiger partial charge in [0, 0.05) is 30.7 Å². The van der Waals surface area contributed by atoms with E-state index in [9.17, 15) is 18.0 Å².